The number of rotatable bonds is 7. The smallest absolute Gasteiger partial charge is 0.191 e. The van der Waals surface area contributed by atoms with Crippen LogP contribution in [0.4, 0.5) is 0 Å². The van der Waals surface area contributed by atoms with E-state index >= 15 is 0 Å². The number of pyridine rings is 1. The summed E-state index contributed by atoms with van der Waals surface area (Å²) in [6.45, 7) is 0. The minimum Gasteiger partial charge on any atom is -0.294 e. The lowest BCUT2D eigenvalue weighted by Gasteiger charge is -2.17. The fourth-order valence-electron chi connectivity index (χ4n) is 7.84. The van der Waals surface area contributed by atoms with Gasteiger partial charge in [-0.2, -0.15) is 4.57 Å². The van der Waals surface area contributed by atoms with Crippen LogP contribution in [0, 0.1) is 0 Å². The Morgan fingerprint density at radius 2 is 1.11 bits per heavy atom. The number of para-hydroxylation sites is 3. The van der Waals surface area contributed by atoms with Gasteiger partial charge in [-0.25, -0.2) is 9.55 Å². The van der Waals surface area contributed by atoms with Gasteiger partial charge in [0.05, 0.1) is 11.0 Å². The third-order valence-electron chi connectivity index (χ3n) is 10.3. The third-order valence-corrected chi connectivity index (χ3v) is 11.3. The van der Waals surface area contributed by atoms with E-state index < -0.39 is 0 Å². The maximum Gasteiger partial charge on any atom is 0.191 e. The Hall–Kier alpha value is -6.69. The number of nitrogens with zero attached hydrogens (tertiary/aromatic N) is 4. The lowest BCUT2D eigenvalue weighted by Crippen LogP contribution is -1.99. The molecular weight excluding hydrogens is 677 g/mol. The molecule has 0 aliphatic heterocycles. The van der Waals surface area contributed by atoms with Crippen molar-refractivity contribution in [3.63, 3.8) is 0 Å². The average molecular weight is 712 g/mol. The molecule has 0 unspecified atom stereocenters. The van der Waals surface area contributed by atoms with E-state index in [4.69, 9.17) is 4.98 Å². The molecule has 0 saturated heterocycles. The van der Waals surface area contributed by atoms with E-state index in [0.29, 0.717) is 0 Å². The number of hydrogen-bond acceptors (Lipinski definition) is 2. The zero-order valence-electron chi connectivity index (χ0n) is 29.7. The molecule has 10 rings (SSSR count). The highest BCUT2D eigenvalue weighted by molar-refractivity contribution is 7.99. The van der Waals surface area contributed by atoms with Crippen molar-refractivity contribution in [2.45, 2.75) is 9.79 Å². The van der Waals surface area contributed by atoms with Crippen molar-refractivity contribution >= 4 is 44.6 Å². The molecular formula is C49H35N4S+. The molecule has 0 spiro atoms. The molecule has 0 aliphatic rings. The summed E-state index contributed by atoms with van der Waals surface area (Å²) in [5, 5.41) is 2.41. The number of aromatic nitrogens is 4. The Labute approximate surface area is 318 Å². The monoisotopic (exact) mass is 711 g/mol. The van der Waals surface area contributed by atoms with Crippen molar-refractivity contribution in [1.82, 2.24) is 18.7 Å². The zero-order valence-corrected chi connectivity index (χ0v) is 30.5. The maximum absolute atomic E-state index is 5.05. The van der Waals surface area contributed by atoms with Crippen molar-refractivity contribution in [1.29, 1.82) is 0 Å². The Morgan fingerprint density at radius 3 is 1.87 bits per heavy atom. The molecule has 10 aromatic rings. The van der Waals surface area contributed by atoms with E-state index in [-0.39, 0.29) is 0 Å². The normalized spacial score (nSPS) is 11.5. The summed E-state index contributed by atoms with van der Waals surface area (Å²) >= 11 is 1.78. The molecule has 3 aromatic heterocycles. The van der Waals surface area contributed by atoms with Crippen LogP contribution in [0.2, 0.25) is 0 Å². The molecule has 3 heterocycles. The van der Waals surface area contributed by atoms with E-state index in [1.165, 1.54) is 59.4 Å². The zero-order chi connectivity index (χ0) is 36.0. The second-order valence-electron chi connectivity index (χ2n) is 13.6. The van der Waals surface area contributed by atoms with Gasteiger partial charge in [-0.1, -0.05) is 115 Å². The first-order valence-corrected chi connectivity index (χ1v) is 19.0. The minimum absolute atomic E-state index is 0.886. The maximum atomic E-state index is 5.05. The van der Waals surface area contributed by atoms with Crippen LogP contribution in [0.3, 0.4) is 0 Å². The molecule has 0 radical (unpaired) electrons. The molecule has 0 bridgehead atoms. The van der Waals surface area contributed by atoms with Crippen LogP contribution in [-0.4, -0.2) is 18.7 Å². The fraction of sp³-hybridized carbons (Fsp3) is 0.0204. The quantitative estimate of drug-likeness (QED) is 0.154. The highest BCUT2D eigenvalue weighted by atomic mass is 32.2. The molecule has 5 heteroatoms. The Morgan fingerprint density at radius 1 is 0.481 bits per heavy atom. The van der Waals surface area contributed by atoms with Gasteiger partial charge in [0.25, 0.3) is 0 Å². The van der Waals surface area contributed by atoms with Crippen molar-refractivity contribution in [2.24, 2.45) is 7.05 Å². The molecule has 256 valence electrons. The number of fused-ring (bicyclic) bond motifs is 4. The largest absolute Gasteiger partial charge is 0.294 e. The van der Waals surface area contributed by atoms with Crippen molar-refractivity contribution in [3.8, 4) is 44.9 Å². The lowest BCUT2D eigenvalue weighted by atomic mass is 9.88. The Bertz CT molecular complexity index is 2920. The molecule has 0 fully saturated rings. The number of aryl methyl sites for hydroxylation is 1. The number of hydrogen-bond donors (Lipinski definition) is 0. The van der Waals surface area contributed by atoms with Gasteiger partial charge in [0.15, 0.2) is 17.4 Å². The Balaban J connectivity index is 1.10. The molecule has 4 nitrogen and oxygen atoms in total. The molecule has 7 aromatic carbocycles. The highest BCUT2D eigenvalue weighted by Gasteiger charge is 2.19. The summed E-state index contributed by atoms with van der Waals surface area (Å²) < 4.78 is 6.76. The molecule has 0 N–H and O–H groups in total. The molecule has 0 amide bonds. The fourth-order valence-corrected chi connectivity index (χ4v) is 8.74. The predicted molar refractivity (Wildman–Crippen MR) is 226 cm³/mol. The van der Waals surface area contributed by atoms with Gasteiger partial charge in [-0.15, -0.1) is 0 Å². The van der Waals surface area contributed by atoms with Gasteiger partial charge < -0.3 is 0 Å². The van der Waals surface area contributed by atoms with E-state index in [9.17, 15) is 0 Å². The first kappa shape index (κ1) is 32.0. The van der Waals surface area contributed by atoms with Crippen LogP contribution in [-0.2, 0) is 7.05 Å². The molecule has 54 heavy (non-hydrogen) atoms. The lowest BCUT2D eigenvalue weighted by molar-refractivity contribution is 0.909. The first-order chi connectivity index (χ1) is 26.7. The van der Waals surface area contributed by atoms with Crippen molar-refractivity contribution in [2.75, 3.05) is 0 Å². The summed E-state index contributed by atoms with van der Waals surface area (Å²) in [6, 6.07) is 65.2. The van der Waals surface area contributed by atoms with Crippen LogP contribution >= 0.6 is 11.8 Å². The number of imidazole rings is 1. The average Bonchev–Trinajstić information content (AvgIpc) is 3.75. The van der Waals surface area contributed by atoms with E-state index in [0.717, 1.165) is 28.1 Å². The topological polar surface area (TPSA) is 27.7 Å². The minimum atomic E-state index is 0.886. The summed E-state index contributed by atoms with van der Waals surface area (Å²) in [5.41, 5.74) is 12.9. The van der Waals surface area contributed by atoms with Crippen molar-refractivity contribution < 1.29 is 0 Å². The summed E-state index contributed by atoms with van der Waals surface area (Å²) in [4.78, 5) is 7.40. The molecule has 0 atom stereocenters. The summed E-state index contributed by atoms with van der Waals surface area (Å²) in [6.07, 6.45) is 4.11. The predicted octanol–water partition coefficient (Wildman–Crippen LogP) is 12.9. The SMILES string of the molecule is Cn1[cH+]n(-c2cccc(Sc3ccc4c5ccccc5n(-c5cc(-c6c(-c7ccccc7)cccc6-c6ccccc6)ccn5)c4c3)c2)c2ccccc21. The van der Waals surface area contributed by atoms with Crippen LogP contribution in [0.15, 0.2) is 204 Å². The summed E-state index contributed by atoms with van der Waals surface area (Å²) in [5.74, 6) is 0.886. The standard InChI is InChI=1S/C49H35N4S/c1-51-33-52(46-25-11-10-24-45(46)51)37-18-12-19-38(31-37)54-39-26-27-43-42-20-8-9-23-44(42)53(47(43)32-39)48-30-36(28-29-50-48)49-40(34-14-4-2-5-15-34)21-13-22-41(49)35-16-6-3-7-17-35/h2-33H,1H3/q+1. The number of benzene rings is 7. The molecule has 0 saturated carbocycles. The second kappa shape index (κ2) is 13.4. The second-order valence-corrected chi connectivity index (χ2v) is 14.7. The summed E-state index contributed by atoms with van der Waals surface area (Å²) in [7, 11) is 2.10. The van der Waals surface area contributed by atoms with E-state index in [2.05, 4.69) is 209 Å². The van der Waals surface area contributed by atoms with Crippen LogP contribution < -0.4 is 0 Å². The first-order valence-electron chi connectivity index (χ1n) is 18.2. The van der Waals surface area contributed by atoms with E-state index in [1.807, 2.05) is 6.20 Å². The van der Waals surface area contributed by atoms with Crippen molar-refractivity contribution in [3.05, 3.63) is 195 Å². The van der Waals surface area contributed by atoms with Gasteiger partial charge in [-0.05, 0) is 88.0 Å². The van der Waals surface area contributed by atoms with Gasteiger partial charge in [0.2, 0.25) is 0 Å². The highest BCUT2D eigenvalue weighted by Crippen LogP contribution is 2.42. The molecule has 0 aliphatic carbocycles. The van der Waals surface area contributed by atoms with E-state index in [1.54, 1.807) is 11.8 Å². The van der Waals surface area contributed by atoms with Gasteiger partial charge in [0, 0.05) is 58.1 Å². The van der Waals surface area contributed by atoms with Gasteiger partial charge >= 0.3 is 0 Å². The van der Waals surface area contributed by atoms with Crippen LogP contribution in [0.1, 0.15) is 0 Å². The Kier molecular flexibility index (Phi) is 7.93. The van der Waals surface area contributed by atoms with Gasteiger partial charge in [0.1, 0.15) is 11.5 Å². The van der Waals surface area contributed by atoms with Crippen LogP contribution in [0.5, 0.6) is 0 Å². The third kappa shape index (κ3) is 5.58. The van der Waals surface area contributed by atoms with Gasteiger partial charge in [-0.3, -0.25) is 4.57 Å². The van der Waals surface area contributed by atoms with Crippen LogP contribution in [0.25, 0.3) is 77.7 Å².